The minimum atomic E-state index is -0.415. The molecule has 0 spiro atoms. The summed E-state index contributed by atoms with van der Waals surface area (Å²) in [7, 11) is 1.64. The molecule has 1 heterocycles. The van der Waals surface area contributed by atoms with E-state index in [4.69, 9.17) is 4.74 Å². The lowest BCUT2D eigenvalue weighted by Crippen LogP contribution is -2.30. The predicted molar refractivity (Wildman–Crippen MR) is 121 cm³/mol. The zero-order valence-electron chi connectivity index (χ0n) is 17.3. The molecule has 0 aliphatic carbocycles. The Morgan fingerprint density at radius 3 is 2.50 bits per heavy atom. The first-order valence-corrected chi connectivity index (χ1v) is 10.2. The van der Waals surface area contributed by atoms with Crippen molar-refractivity contribution in [1.82, 2.24) is 10.3 Å². The maximum Gasteiger partial charge on any atom is 0.186 e. The number of para-hydroxylation sites is 1. The van der Waals surface area contributed by atoms with Crippen molar-refractivity contribution in [2.75, 3.05) is 13.7 Å². The number of carbonyl (C=O) groups excluding carboxylic acids is 1. The fourth-order valence-electron chi connectivity index (χ4n) is 3.78. The van der Waals surface area contributed by atoms with Crippen LogP contribution in [0.15, 0.2) is 79.0 Å². The number of aromatic amines is 1. The van der Waals surface area contributed by atoms with Crippen LogP contribution in [0.2, 0.25) is 0 Å². The van der Waals surface area contributed by atoms with E-state index >= 15 is 0 Å². The fourth-order valence-corrected chi connectivity index (χ4v) is 3.78. The van der Waals surface area contributed by atoms with Crippen LogP contribution in [0.1, 0.15) is 33.1 Å². The van der Waals surface area contributed by atoms with Crippen molar-refractivity contribution in [3.05, 3.63) is 101 Å². The zero-order chi connectivity index (χ0) is 20.9. The monoisotopic (exact) mass is 398 g/mol. The molecular weight excluding hydrogens is 372 g/mol. The van der Waals surface area contributed by atoms with Crippen LogP contribution in [0, 0.1) is 6.92 Å². The van der Waals surface area contributed by atoms with Crippen LogP contribution in [0.25, 0.3) is 10.9 Å². The van der Waals surface area contributed by atoms with E-state index in [1.165, 1.54) is 11.1 Å². The van der Waals surface area contributed by atoms with Crippen LogP contribution < -0.4 is 10.1 Å². The predicted octanol–water partition coefficient (Wildman–Crippen LogP) is 5.24. The zero-order valence-corrected chi connectivity index (χ0v) is 17.3. The molecule has 0 aliphatic rings. The Balaban J connectivity index is 1.60. The second-order valence-electron chi connectivity index (χ2n) is 7.48. The van der Waals surface area contributed by atoms with Gasteiger partial charge in [-0.05, 0) is 30.5 Å². The Kier molecular flexibility index (Phi) is 5.96. The quantitative estimate of drug-likeness (QED) is 0.399. The summed E-state index contributed by atoms with van der Waals surface area (Å²) in [5.74, 6) is 0.778. The molecule has 152 valence electrons. The number of aromatic nitrogens is 1. The molecule has 0 unspecified atom stereocenters. The maximum absolute atomic E-state index is 13.6. The molecule has 2 N–H and O–H groups in total. The van der Waals surface area contributed by atoms with Gasteiger partial charge in [0.05, 0.1) is 18.7 Å². The van der Waals surface area contributed by atoms with E-state index in [-0.39, 0.29) is 5.78 Å². The van der Waals surface area contributed by atoms with Gasteiger partial charge in [0.1, 0.15) is 5.75 Å². The van der Waals surface area contributed by atoms with Gasteiger partial charge in [0.2, 0.25) is 0 Å². The highest BCUT2D eigenvalue weighted by Gasteiger charge is 2.24. The average molecular weight is 399 g/mol. The van der Waals surface area contributed by atoms with Gasteiger partial charge in [0.15, 0.2) is 5.78 Å². The Morgan fingerprint density at radius 1 is 1.00 bits per heavy atom. The lowest BCUT2D eigenvalue weighted by Gasteiger charge is -2.18. The molecule has 0 saturated heterocycles. The Bertz CT molecular complexity index is 1130. The van der Waals surface area contributed by atoms with E-state index in [1.807, 2.05) is 48.5 Å². The average Bonchev–Trinajstić information content (AvgIpc) is 3.22. The highest BCUT2D eigenvalue weighted by molar-refractivity contribution is 6.11. The number of fused-ring (bicyclic) bond motifs is 1. The fraction of sp³-hybridized carbons (Fsp3) is 0.192. The molecule has 0 saturated carbocycles. The number of rotatable bonds is 8. The summed E-state index contributed by atoms with van der Waals surface area (Å²) in [6.45, 7) is 2.79. The number of nitrogens with one attached hydrogen (secondary N) is 2. The number of Topliss-reactive ketones (excluding diaryl/α,β-unsaturated/α-hetero) is 1. The maximum atomic E-state index is 13.6. The third kappa shape index (κ3) is 4.14. The lowest BCUT2D eigenvalue weighted by molar-refractivity contribution is 0.0945. The molecule has 4 heteroatoms. The topological polar surface area (TPSA) is 54.1 Å². The Hall–Kier alpha value is -3.37. The number of methoxy groups -OCH3 is 1. The summed E-state index contributed by atoms with van der Waals surface area (Å²) in [5, 5.41) is 4.36. The molecule has 30 heavy (non-hydrogen) atoms. The van der Waals surface area contributed by atoms with Crippen LogP contribution >= 0.6 is 0 Å². The number of ketones is 1. The molecule has 4 rings (SSSR count). The molecule has 4 nitrogen and oxygen atoms in total. The number of hydrogen-bond acceptors (Lipinski definition) is 3. The van der Waals surface area contributed by atoms with Crippen molar-refractivity contribution >= 4 is 16.7 Å². The Labute approximate surface area is 176 Å². The molecule has 0 aliphatic heterocycles. The largest absolute Gasteiger partial charge is 0.495 e. The first-order valence-electron chi connectivity index (χ1n) is 10.2. The second-order valence-corrected chi connectivity index (χ2v) is 7.48. The Morgan fingerprint density at radius 2 is 1.77 bits per heavy atom. The van der Waals surface area contributed by atoms with Crippen LogP contribution in [0.4, 0.5) is 0 Å². The van der Waals surface area contributed by atoms with Gasteiger partial charge < -0.3 is 15.0 Å². The van der Waals surface area contributed by atoms with Crippen molar-refractivity contribution in [2.45, 2.75) is 19.4 Å². The van der Waals surface area contributed by atoms with Gasteiger partial charge in [0, 0.05) is 23.7 Å². The smallest absolute Gasteiger partial charge is 0.186 e. The number of aryl methyl sites for hydroxylation is 1. The number of hydrogen-bond donors (Lipinski definition) is 2. The van der Waals surface area contributed by atoms with Crippen molar-refractivity contribution in [3.8, 4) is 5.75 Å². The second kappa shape index (κ2) is 8.97. The minimum absolute atomic E-state index is 0.0459. The summed E-state index contributed by atoms with van der Waals surface area (Å²) < 4.78 is 5.43. The van der Waals surface area contributed by atoms with Crippen LogP contribution in [-0.2, 0) is 6.42 Å². The van der Waals surface area contributed by atoms with Crippen LogP contribution in [0.5, 0.6) is 5.75 Å². The van der Waals surface area contributed by atoms with Crippen molar-refractivity contribution in [2.24, 2.45) is 0 Å². The van der Waals surface area contributed by atoms with E-state index in [0.717, 1.165) is 28.6 Å². The van der Waals surface area contributed by atoms with Crippen molar-refractivity contribution in [3.63, 3.8) is 0 Å². The summed E-state index contributed by atoms with van der Waals surface area (Å²) in [5.41, 5.74) is 4.97. The van der Waals surface area contributed by atoms with Crippen LogP contribution in [-0.4, -0.2) is 24.4 Å². The first-order chi connectivity index (χ1) is 14.7. The SMILES string of the molecule is COc1cccc2c(C(=O)[C@@H](NCCc3ccc(C)cc3)c3ccccc3)c[nH]c12. The third-order valence-electron chi connectivity index (χ3n) is 5.44. The molecule has 1 aromatic heterocycles. The van der Waals surface area contributed by atoms with Crippen LogP contribution in [0.3, 0.4) is 0 Å². The summed E-state index contributed by atoms with van der Waals surface area (Å²) in [6, 6.07) is 23.8. The molecule has 1 atom stereocenters. The standard InChI is InChI=1S/C26H26N2O2/c1-18-11-13-19(14-12-18)15-16-27-24(20-7-4-3-5-8-20)26(29)22-17-28-25-21(22)9-6-10-23(25)30-2/h3-14,17,24,27-28H,15-16H2,1-2H3/t24-/m0/s1. The molecule has 0 radical (unpaired) electrons. The van der Waals surface area contributed by atoms with Gasteiger partial charge in [-0.25, -0.2) is 0 Å². The number of ether oxygens (including phenoxy) is 1. The van der Waals surface area contributed by atoms with Gasteiger partial charge >= 0.3 is 0 Å². The third-order valence-corrected chi connectivity index (χ3v) is 5.44. The van der Waals surface area contributed by atoms with Crippen molar-refractivity contribution < 1.29 is 9.53 Å². The van der Waals surface area contributed by atoms with Crippen molar-refractivity contribution in [1.29, 1.82) is 0 Å². The molecule has 4 aromatic rings. The molecule has 0 amide bonds. The number of H-pyrrole nitrogens is 1. The van der Waals surface area contributed by atoms with E-state index < -0.39 is 6.04 Å². The van der Waals surface area contributed by atoms with E-state index in [9.17, 15) is 4.79 Å². The van der Waals surface area contributed by atoms with Gasteiger partial charge in [-0.3, -0.25) is 4.79 Å². The van der Waals surface area contributed by atoms with Gasteiger partial charge in [0.25, 0.3) is 0 Å². The molecule has 0 fully saturated rings. The first kappa shape index (κ1) is 19.9. The minimum Gasteiger partial charge on any atom is -0.495 e. The summed E-state index contributed by atoms with van der Waals surface area (Å²) in [6.07, 6.45) is 2.64. The van der Waals surface area contributed by atoms with E-state index in [1.54, 1.807) is 13.3 Å². The lowest BCUT2D eigenvalue weighted by atomic mass is 9.96. The highest BCUT2D eigenvalue weighted by Crippen LogP contribution is 2.30. The van der Waals surface area contributed by atoms with E-state index in [2.05, 4.69) is 41.5 Å². The molecule has 3 aromatic carbocycles. The normalized spacial score (nSPS) is 12.1. The number of carbonyl (C=O) groups is 1. The van der Waals surface area contributed by atoms with Gasteiger partial charge in [-0.2, -0.15) is 0 Å². The van der Waals surface area contributed by atoms with E-state index in [0.29, 0.717) is 12.1 Å². The summed E-state index contributed by atoms with van der Waals surface area (Å²) in [4.78, 5) is 16.8. The number of benzene rings is 3. The molecular formula is C26H26N2O2. The van der Waals surface area contributed by atoms with Gasteiger partial charge in [-0.1, -0.05) is 72.3 Å². The molecule has 0 bridgehead atoms. The summed E-state index contributed by atoms with van der Waals surface area (Å²) >= 11 is 0. The highest BCUT2D eigenvalue weighted by atomic mass is 16.5. The van der Waals surface area contributed by atoms with Gasteiger partial charge in [-0.15, -0.1) is 0 Å².